The van der Waals surface area contributed by atoms with E-state index in [0.717, 1.165) is 0 Å². The molecule has 0 bridgehead atoms. The Labute approximate surface area is 159 Å². The highest BCUT2D eigenvalue weighted by molar-refractivity contribution is 5.91. The summed E-state index contributed by atoms with van der Waals surface area (Å²) in [6, 6.07) is -1.89. The minimum absolute atomic E-state index is 0.346. The number of nitrogens with one attached hydrogen (secondary N) is 1. The van der Waals surface area contributed by atoms with Crippen molar-refractivity contribution in [3.63, 3.8) is 0 Å². The molecule has 0 aliphatic carbocycles. The number of carbonyl (C=O) groups excluding carboxylic acids is 4. The topological polar surface area (TPSA) is 111 Å². The molecule has 9 heteroatoms. The van der Waals surface area contributed by atoms with Crippen molar-refractivity contribution in [2.45, 2.75) is 77.7 Å². The Balaban J connectivity index is 2.84. The summed E-state index contributed by atoms with van der Waals surface area (Å²) in [5.74, 6) is -1.72. The van der Waals surface area contributed by atoms with Gasteiger partial charge in [0.1, 0.15) is 23.3 Å². The molecule has 1 aliphatic heterocycles. The molecule has 27 heavy (non-hydrogen) atoms. The van der Waals surface area contributed by atoms with Gasteiger partial charge in [-0.05, 0) is 48.0 Å². The first-order valence-electron chi connectivity index (χ1n) is 8.83. The van der Waals surface area contributed by atoms with Gasteiger partial charge in [0.15, 0.2) is 0 Å². The molecular formula is C18H30N2O7. The van der Waals surface area contributed by atoms with Crippen molar-refractivity contribution < 1.29 is 33.4 Å². The Morgan fingerprint density at radius 2 is 1.59 bits per heavy atom. The van der Waals surface area contributed by atoms with Crippen molar-refractivity contribution in [2.24, 2.45) is 0 Å². The zero-order chi connectivity index (χ0) is 21.0. The van der Waals surface area contributed by atoms with Crippen LogP contribution in [0.1, 0.15) is 54.4 Å². The van der Waals surface area contributed by atoms with Crippen molar-refractivity contribution in [3.05, 3.63) is 0 Å². The van der Waals surface area contributed by atoms with Crippen LogP contribution in [0.3, 0.4) is 0 Å². The zero-order valence-electron chi connectivity index (χ0n) is 17.1. The second-order valence-electron chi connectivity index (χ2n) is 8.35. The van der Waals surface area contributed by atoms with Crippen LogP contribution < -0.4 is 5.32 Å². The minimum atomic E-state index is -1.23. The van der Waals surface area contributed by atoms with Crippen LogP contribution in [-0.4, -0.2) is 65.8 Å². The van der Waals surface area contributed by atoms with Crippen LogP contribution in [0.5, 0.6) is 0 Å². The molecular weight excluding hydrogens is 356 g/mol. The first-order chi connectivity index (χ1) is 12.2. The predicted molar refractivity (Wildman–Crippen MR) is 95.8 cm³/mol. The summed E-state index contributed by atoms with van der Waals surface area (Å²) in [6.07, 6.45) is -0.685. The first kappa shape index (κ1) is 22.7. The van der Waals surface area contributed by atoms with Gasteiger partial charge < -0.3 is 24.4 Å². The molecule has 0 aromatic heterocycles. The number of likely N-dealkylation sites (tertiary alicyclic amines) is 1. The van der Waals surface area contributed by atoms with Gasteiger partial charge in [0.2, 0.25) is 5.91 Å². The van der Waals surface area contributed by atoms with Gasteiger partial charge in [-0.1, -0.05) is 0 Å². The lowest BCUT2D eigenvalue weighted by Gasteiger charge is -2.39. The predicted octanol–water partition coefficient (Wildman–Crippen LogP) is 1.39. The second-order valence-corrected chi connectivity index (χ2v) is 8.35. The van der Waals surface area contributed by atoms with E-state index in [4.69, 9.17) is 9.47 Å². The SMILES string of the molecule is COC(=O)[C@@H]1CCN1C(=O)C[C@H](NC(=O)OC(C)(C)C)C(=O)OC(C)(C)C. The summed E-state index contributed by atoms with van der Waals surface area (Å²) in [6.45, 7) is 10.5. The average molecular weight is 386 g/mol. The van der Waals surface area contributed by atoms with Gasteiger partial charge in [-0.2, -0.15) is 0 Å². The van der Waals surface area contributed by atoms with Gasteiger partial charge in [0, 0.05) is 6.54 Å². The summed E-state index contributed by atoms with van der Waals surface area (Å²) in [5, 5.41) is 2.39. The molecule has 1 saturated heterocycles. The first-order valence-corrected chi connectivity index (χ1v) is 8.83. The second kappa shape index (κ2) is 8.58. The Kier molecular flexibility index (Phi) is 7.22. The molecule has 9 nitrogen and oxygen atoms in total. The third kappa shape index (κ3) is 7.44. The third-order valence-corrected chi connectivity index (χ3v) is 3.57. The number of amides is 2. The fraction of sp³-hybridized carbons (Fsp3) is 0.778. The molecule has 2 amide bonds. The quantitative estimate of drug-likeness (QED) is 0.561. The molecule has 0 saturated carbocycles. The van der Waals surface area contributed by atoms with Crippen LogP contribution in [0.15, 0.2) is 0 Å². The lowest BCUT2D eigenvalue weighted by molar-refractivity contribution is -0.163. The van der Waals surface area contributed by atoms with Gasteiger partial charge in [-0.25, -0.2) is 14.4 Å². The highest BCUT2D eigenvalue weighted by Gasteiger charge is 2.40. The normalized spacial score (nSPS) is 18.0. The lowest BCUT2D eigenvalue weighted by atomic mass is 10.0. The molecule has 1 heterocycles. The lowest BCUT2D eigenvalue weighted by Crippen LogP contribution is -2.57. The van der Waals surface area contributed by atoms with Gasteiger partial charge in [-0.3, -0.25) is 4.79 Å². The Hall–Kier alpha value is -2.32. The molecule has 0 radical (unpaired) electrons. The number of hydrogen-bond donors (Lipinski definition) is 1. The molecule has 0 aromatic carbocycles. The number of esters is 2. The summed E-state index contributed by atoms with van der Waals surface area (Å²) in [4.78, 5) is 50.0. The van der Waals surface area contributed by atoms with Gasteiger partial charge >= 0.3 is 18.0 Å². The standard InChI is InChI=1S/C18H30N2O7/c1-17(2,3)26-14(22)11(19-16(24)27-18(4,5)6)10-13(21)20-9-8-12(20)15(23)25-7/h11-12H,8-10H2,1-7H3,(H,19,24)/t11-,12-/m0/s1. The average Bonchev–Trinajstić information content (AvgIpc) is 2.41. The Morgan fingerprint density at radius 3 is 2.00 bits per heavy atom. The molecule has 1 N–H and O–H groups in total. The summed E-state index contributed by atoms with van der Waals surface area (Å²) in [5.41, 5.74) is -1.56. The molecule has 2 atom stereocenters. The number of ether oxygens (including phenoxy) is 3. The van der Waals surface area contributed by atoms with Crippen molar-refractivity contribution in [2.75, 3.05) is 13.7 Å². The Morgan fingerprint density at radius 1 is 1.04 bits per heavy atom. The molecule has 1 fully saturated rings. The van der Waals surface area contributed by atoms with Crippen LogP contribution in [0, 0.1) is 0 Å². The van der Waals surface area contributed by atoms with Crippen LogP contribution in [0.4, 0.5) is 4.79 Å². The number of carbonyl (C=O) groups is 4. The number of nitrogens with zero attached hydrogens (tertiary/aromatic N) is 1. The van der Waals surface area contributed by atoms with E-state index in [0.29, 0.717) is 13.0 Å². The molecule has 1 aliphatic rings. The Bertz CT molecular complexity index is 589. The number of rotatable bonds is 5. The van der Waals surface area contributed by atoms with Crippen LogP contribution >= 0.6 is 0 Å². The van der Waals surface area contributed by atoms with E-state index in [-0.39, 0.29) is 6.42 Å². The van der Waals surface area contributed by atoms with Gasteiger partial charge in [-0.15, -0.1) is 0 Å². The fourth-order valence-electron chi connectivity index (χ4n) is 2.37. The van der Waals surface area contributed by atoms with Crippen LogP contribution in [0.2, 0.25) is 0 Å². The van der Waals surface area contributed by atoms with Gasteiger partial charge in [0.25, 0.3) is 0 Å². The van der Waals surface area contributed by atoms with Crippen molar-refractivity contribution in [3.8, 4) is 0 Å². The number of hydrogen-bond acceptors (Lipinski definition) is 7. The third-order valence-electron chi connectivity index (χ3n) is 3.57. The maximum atomic E-state index is 12.5. The summed E-state index contributed by atoms with van der Waals surface area (Å²) >= 11 is 0. The monoisotopic (exact) mass is 386 g/mol. The van der Waals surface area contributed by atoms with Crippen LogP contribution in [0.25, 0.3) is 0 Å². The molecule has 1 rings (SSSR count). The smallest absolute Gasteiger partial charge is 0.408 e. The zero-order valence-corrected chi connectivity index (χ0v) is 17.1. The molecule has 154 valence electrons. The minimum Gasteiger partial charge on any atom is -0.467 e. The fourth-order valence-corrected chi connectivity index (χ4v) is 2.37. The van der Waals surface area contributed by atoms with E-state index < -0.39 is 47.2 Å². The van der Waals surface area contributed by atoms with Crippen LogP contribution in [-0.2, 0) is 28.6 Å². The van der Waals surface area contributed by atoms with Gasteiger partial charge in [0.05, 0.1) is 13.5 Å². The van der Waals surface area contributed by atoms with E-state index >= 15 is 0 Å². The van der Waals surface area contributed by atoms with Crippen molar-refractivity contribution in [1.29, 1.82) is 0 Å². The van der Waals surface area contributed by atoms with E-state index in [2.05, 4.69) is 10.1 Å². The maximum Gasteiger partial charge on any atom is 0.408 e. The van der Waals surface area contributed by atoms with Crippen molar-refractivity contribution in [1.82, 2.24) is 10.2 Å². The summed E-state index contributed by atoms with van der Waals surface area (Å²) in [7, 11) is 1.25. The van der Waals surface area contributed by atoms with E-state index in [9.17, 15) is 19.2 Å². The van der Waals surface area contributed by atoms with E-state index in [1.54, 1.807) is 41.5 Å². The highest BCUT2D eigenvalue weighted by atomic mass is 16.6. The number of alkyl carbamates (subject to hydrolysis) is 1. The molecule has 0 unspecified atom stereocenters. The molecule has 0 spiro atoms. The number of methoxy groups -OCH3 is 1. The van der Waals surface area contributed by atoms with Crippen molar-refractivity contribution >= 4 is 23.9 Å². The largest absolute Gasteiger partial charge is 0.467 e. The highest BCUT2D eigenvalue weighted by Crippen LogP contribution is 2.21. The summed E-state index contributed by atoms with van der Waals surface area (Å²) < 4.78 is 15.1. The van der Waals surface area contributed by atoms with E-state index in [1.807, 2.05) is 0 Å². The maximum absolute atomic E-state index is 12.5. The van der Waals surface area contributed by atoms with E-state index in [1.165, 1.54) is 12.0 Å². The molecule has 0 aromatic rings.